The summed E-state index contributed by atoms with van der Waals surface area (Å²) in [5, 5.41) is 15.5. The molecule has 0 fully saturated rings. The van der Waals surface area contributed by atoms with Crippen LogP contribution < -0.4 is 5.32 Å². The zero-order valence-corrected chi connectivity index (χ0v) is 13.1. The summed E-state index contributed by atoms with van der Waals surface area (Å²) < 4.78 is 22.4. The molecule has 0 aliphatic carbocycles. The average Bonchev–Trinajstić information content (AvgIpc) is 2.42. The van der Waals surface area contributed by atoms with Crippen LogP contribution in [0.2, 0.25) is 0 Å². The van der Waals surface area contributed by atoms with Crippen molar-refractivity contribution in [2.75, 3.05) is 18.6 Å². The standard InChI is InChI=1S/C16H21NO3S/c1-12(11-21(2,19)20)17-10-16(18)15-8-7-13-5-3-4-6-14(13)9-15/h3-9,12,16-18H,10-11H2,1-2H3. The third-order valence-corrected chi connectivity index (χ3v) is 4.48. The molecule has 114 valence electrons. The smallest absolute Gasteiger partial charge is 0.148 e. The first-order valence-corrected chi connectivity index (χ1v) is 8.99. The second-order valence-corrected chi connectivity index (χ2v) is 7.71. The highest BCUT2D eigenvalue weighted by Gasteiger charge is 2.13. The van der Waals surface area contributed by atoms with Crippen LogP contribution in [0.4, 0.5) is 0 Å². The van der Waals surface area contributed by atoms with Gasteiger partial charge < -0.3 is 10.4 Å². The highest BCUT2D eigenvalue weighted by Crippen LogP contribution is 2.20. The van der Waals surface area contributed by atoms with Crippen molar-refractivity contribution in [2.45, 2.75) is 19.1 Å². The van der Waals surface area contributed by atoms with Crippen LogP contribution in [-0.4, -0.2) is 38.1 Å². The van der Waals surface area contributed by atoms with E-state index in [4.69, 9.17) is 0 Å². The van der Waals surface area contributed by atoms with Crippen molar-refractivity contribution in [3.8, 4) is 0 Å². The van der Waals surface area contributed by atoms with Gasteiger partial charge in [0.05, 0.1) is 11.9 Å². The van der Waals surface area contributed by atoms with E-state index in [0.717, 1.165) is 16.3 Å². The maximum atomic E-state index is 11.2. The molecule has 2 atom stereocenters. The molecule has 0 saturated heterocycles. The van der Waals surface area contributed by atoms with Gasteiger partial charge in [0.25, 0.3) is 0 Å². The van der Waals surface area contributed by atoms with E-state index >= 15 is 0 Å². The van der Waals surface area contributed by atoms with Crippen LogP contribution >= 0.6 is 0 Å². The van der Waals surface area contributed by atoms with E-state index in [1.807, 2.05) is 42.5 Å². The van der Waals surface area contributed by atoms with Crippen LogP contribution in [0.3, 0.4) is 0 Å². The number of aliphatic hydroxyl groups is 1. The first kappa shape index (κ1) is 15.9. The molecule has 21 heavy (non-hydrogen) atoms. The normalized spacial score (nSPS) is 15.0. The average molecular weight is 307 g/mol. The van der Waals surface area contributed by atoms with Crippen molar-refractivity contribution in [2.24, 2.45) is 0 Å². The minimum atomic E-state index is -3.01. The Labute approximate surface area is 125 Å². The van der Waals surface area contributed by atoms with Crippen LogP contribution in [0.5, 0.6) is 0 Å². The summed E-state index contributed by atoms with van der Waals surface area (Å²) in [5.41, 5.74) is 0.827. The zero-order chi connectivity index (χ0) is 15.5. The Morgan fingerprint density at radius 2 is 1.81 bits per heavy atom. The van der Waals surface area contributed by atoms with Gasteiger partial charge in [-0.2, -0.15) is 0 Å². The van der Waals surface area contributed by atoms with E-state index < -0.39 is 15.9 Å². The van der Waals surface area contributed by atoms with E-state index in [9.17, 15) is 13.5 Å². The summed E-state index contributed by atoms with van der Waals surface area (Å²) in [5.74, 6) is 0.0669. The maximum absolute atomic E-state index is 11.2. The van der Waals surface area contributed by atoms with Gasteiger partial charge in [-0.25, -0.2) is 8.42 Å². The number of fused-ring (bicyclic) bond motifs is 1. The number of nitrogens with one attached hydrogen (secondary N) is 1. The lowest BCUT2D eigenvalue weighted by atomic mass is 10.0. The fourth-order valence-electron chi connectivity index (χ4n) is 2.36. The van der Waals surface area contributed by atoms with Gasteiger partial charge in [0, 0.05) is 18.8 Å². The predicted molar refractivity (Wildman–Crippen MR) is 86.1 cm³/mol. The molecule has 0 radical (unpaired) electrons. The maximum Gasteiger partial charge on any atom is 0.148 e. The molecule has 0 aliphatic rings. The Morgan fingerprint density at radius 3 is 2.48 bits per heavy atom. The second-order valence-electron chi connectivity index (χ2n) is 5.52. The van der Waals surface area contributed by atoms with Crippen molar-refractivity contribution in [1.29, 1.82) is 0 Å². The summed E-state index contributed by atoms with van der Waals surface area (Å²) in [4.78, 5) is 0. The lowest BCUT2D eigenvalue weighted by Crippen LogP contribution is -2.35. The van der Waals surface area contributed by atoms with Crippen molar-refractivity contribution in [3.05, 3.63) is 48.0 Å². The minimum absolute atomic E-state index is 0.0669. The summed E-state index contributed by atoms with van der Waals surface area (Å²) >= 11 is 0. The molecule has 2 unspecified atom stereocenters. The lowest BCUT2D eigenvalue weighted by molar-refractivity contribution is 0.172. The van der Waals surface area contributed by atoms with Crippen molar-refractivity contribution in [1.82, 2.24) is 5.32 Å². The monoisotopic (exact) mass is 307 g/mol. The summed E-state index contributed by atoms with van der Waals surface area (Å²) in [7, 11) is -3.01. The van der Waals surface area contributed by atoms with Crippen molar-refractivity contribution in [3.63, 3.8) is 0 Å². The third-order valence-electron chi connectivity index (χ3n) is 3.37. The van der Waals surface area contributed by atoms with Gasteiger partial charge in [0.15, 0.2) is 0 Å². The Bertz CT molecular complexity index is 712. The first-order chi connectivity index (χ1) is 9.85. The molecule has 5 heteroatoms. The Balaban J connectivity index is 2.00. The van der Waals surface area contributed by atoms with Crippen LogP contribution in [0, 0.1) is 0 Å². The van der Waals surface area contributed by atoms with E-state index in [0.29, 0.717) is 6.54 Å². The first-order valence-electron chi connectivity index (χ1n) is 6.93. The van der Waals surface area contributed by atoms with E-state index in [2.05, 4.69) is 5.32 Å². The van der Waals surface area contributed by atoms with Gasteiger partial charge in [-0.05, 0) is 29.3 Å². The van der Waals surface area contributed by atoms with Gasteiger partial charge in [-0.15, -0.1) is 0 Å². The number of aliphatic hydroxyl groups excluding tert-OH is 1. The number of hydrogen-bond donors (Lipinski definition) is 2. The molecule has 0 spiro atoms. The fraction of sp³-hybridized carbons (Fsp3) is 0.375. The summed E-state index contributed by atoms with van der Waals surface area (Å²) in [6.45, 7) is 2.13. The summed E-state index contributed by atoms with van der Waals surface area (Å²) in [6, 6.07) is 13.6. The largest absolute Gasteiger partial charge is 0.387 e. The van der Waals surface area contributed by atoms with Crippen LogP contribution in [-0.2, 0) is 9.84 Å². The molecule has 4 nitrogen and oxygen atoms in total. The molecule has 0 aromatic heterocycles. The van der Waals surface area contributed by atoms with Gasteiger partial charge in [-0.1, -0.05) is 36.4 Å². The highest BCUT2D eigenvalue weighted by atomic mass is 32.2. The van der Waals surface area contributed by atoms with E-state index in [-0.39, 0.29) is 11.8 Å². The zero-order valence-electron chi connectivity index (χ0n) is 12.3. The highest BCUT2D eigenvalue weighted by molar-refractivity contribution is 7.90. The molecule has 0 aliphatic heterocycles. The lowest BCUT2D eigenvalue weighted by Gasteiger charge is -2.17. The molecule has 2 aromatic carbocycles. The molecule has 2 rings (SSSR count). The van der Waals surface area contributed by atoms with Crippen molar-refractivity contribution >= 4 is 20.6 Å². The molecule has 0 saturated carbocycles. The number of hydrogen-bond acceptors (Lipinski definition) is 4. The Morgan fingerprint density at radius 1 is 1.14 bits per heavy atom. The molecule has 0 amide bonds. The molecule has 2 N–H and O–H groups in total. The molecular weight excluding hydrogens is 286 g/mol. The SMILES string of the molecule is CC(CS(C)(=O)=O)NCC(O)c1ccc2ccccc2c1. The predicted octanol–water partition coefficient (Wildman–Crippen LogP) is 1.90. The van der Waals surface area contributed by atoms with Crippen LogP contribution in [0.15, 0.2) is 42.5 Å². The van der Waals surface area contributed by atoms with Gasteiger partial charge in [0.1, 0.15) is 9.84 Å². The van der Waals surface area contributed by atoms with E-state index in [1.54, 1.807) is 6.92 Å². The van der Waals surface area contributed by atoms with E-state index in [1.165, 1.54) is 6.26 Å². The van der Waals surface area contributed by atoms with Gasteiger partial charge in [0.2, 0.25) is 0 Å². The van der Waals surface area contributed by atoms with Crippen LogP contribution in [0.1, 0.15) is 18.6 Å². The minimum Gasteiger partial charge on any atom is -0.387 e. The number of sulfone groups is 1. The molecule has 0 bridgehead atoms. The quantitative estimate of drug-likeness (QED) is 0.855. The molecule has 2 aromatic rings. The topological polar surface area (TPSA) is 66.4 Å². The molecule has 0 heterocycles. The van der Waals surface area contributed by atoms with Gasteiger partial charge >= 0.3 is 0 Å². The number of rotatable bonds is 6. The Hall–Kier alpha value is -1.43. The number of benzene rings is 2. The van der Waals surface area contributed by atoms with Crippen LogP contribution in [0.25, 0.3) is 10.8 Å². The molecular formula is C16H21NO3S. The summed E-state index contributed by atoms with van der Waals surface area (Å²) in [6.07, 6.45) is 0.557. The fourth-order valence-corrected chi connectivity index (χ4v) is 3.38. The Kier molecular flexibility index (Phi) is 4.98. The third kappa shape index (κ3) is 4.81. The van der Waals surface area contributed by atoms with Crippen molar-refractivity contribution < 1.29 is 13.5 Å². The van der Waals surface area contributed by atoms with Gasteiger partial charge in [-0.3, -0.25) is 0 Å². The second kappa shape index (κ2) is 6.56.